The van der Waals surface area contributed by atoms with Gasteiger partial charge >= 0.3 is 0 Å². The Labute approximate surface area is 153 Å². The molecular formula is C20H14N2OS2. The van der Waals surface area contributed by atoms with Crippen LogP contribution in [0, 0.1) is 0 Å². The van der Waals surface area contributed by atoms with Crippen LogP contribution in [0.4, 0.5) is 0 Å². The standard InChI is InChI=1S/C20H14N2OS2/c23-19-18-14(11-12-21-19)13-17(24-15-7-3-1-4-8-15)22-20(18)25-16-9-5-2-6-10-16/h1-13H,(H,21,23). The van der Waals surface area contributed by atoms with Crippen LogP contribution in [0.25, 0.3) is 10.8 Å². The maximum absolute atomic E-state index is 12.3. The van der Waals surface area contributed by atoms with Crippen molar-refractivity contribution in [3.8, 4) is 0 Å². The Hall–Kier alpha value is -2.50. The minimum Gasteiger partial charge on any atom is -0.328 e. The molecule has 0 radical (unpaired) electrons. The van der Waals surface area contributed by atoms with E-state index in [0.29, 0.717) is 5.39 Å². The van der Waals surface area contributed by atoms with E-state index in [-0.39, 0.29) is 5.56 Å². The topological polar surface area (TPSA) is 45.8 Å². The summed E-state index contributed by atoms with van der Waals surface area (Å²) in [6.45, 7) is 0. The van der Waals surface area contributed by atoms with E-state index in [0.717, 1.165) is 25.2 Å². The first-order chi connectivity index (χ1) is 12.3. The highest BCUT2D eigenvalue weighted by molar-refractivity contribution is 8.00. The molecule has 0 bridgehead atoms. The normalized spacial score (nSPS) is 10.9. The lowest BCUT2D eigenvalue weighted by molar-refractivity contribution is 1.03. The number of aromatic amines is 1. The zero-order valence-electron chi connectivity index (χ0n) is 13.2. The van der Waals surface area contributed by atoms with Crippen LogP contribution in [0.15, 0.2) is 104 Å². The lowest BCUT2D eigenvalue weighted by Crippen LogP contribution is -2.07. The largest absolute Gasteiger partial charge is 0.328 e. The number of nitrogens with one attached hydrogen (secondary N) is 1. The second-order valence-electron chi connectivity index (χ2n) is 5.37. The fourth-order valence-electron chi connectivity index (χ4n) is 2.49. The molecule has 0 aliphatic carbocycles. The van der Waals surface area contributed by atoms with Crippen LogP contribution >= 0.6 is 23.5 Å². The Morgan fingerprint density at radius 1 is 0.800 bits per heavy atom. The van der Waals surface area contributed by atoms with Gasteiger partial charge in [0, 0.05) is 16.0 Å². The lowest BCUT2D eigenvalue weighted by atomic mass is 10.2. The number of rotatable bonds is 4. The van der Waals surface area contributed by atoms with E-state index in [4.69, 9.17) is 4.98 Å². The molecule has 122 valence electrons. The van der Waals surface area contributed by atoms with Crippen molar-refractivity contribution >= 4 is 34.3 Å². The van der Waals surface area contributed by atoms with Gasteiger partial charge in [0.15, 0.2) is 0 Å². The molecule has 0 saturated heterocycles. The number of fused-ring (bicyclic) bond motifs is 1. The quantitative estimate of drug-likeness (QED) is 0.540. The van der Waals surface area contributed by atoms with Gasteiger partial charge in [0.2, 0.25) is 0 Å². The van der Waals surface area contributed by atoms with Gasteiger partial charge in [-0.2, -0.15) is 0 Å². The van der Waals surface area contributed by atoms with Gasteiger partial charge in [-0.25, -0.2) is 4.98 Å². The fourth-order valence-corrected chi connectivity index (χ4v) is 4.38. The summed E-state index contributed by atoms with van der Waals surface area (Å²) in [5.74, 6) is 0. The molecule has 0 atom stereocenters. The van der Waals surface area contributed by atoms with Gasteiger partial charge in [0.1, 0.15) is 10.1 Å². The monoisotopic (exact) mass is 362 g/mol. The van der Waals surface area contributed by atoms with Gasteiger partial charge in [0.05, 0.1) is 5.39 Å². The van der Waals surface area contributed by atoms with E-state index in [2.05, 4.69) is 17.1 Å². The summed E-state index contributed by atoms with van der Waals surface area (Å²) in [6, 6.07) is 24.0. The van der Waals surface area contributed by atoms with E-state index in [9.17, 15) is 4.79 Å². The molecule has 2 aromatic carbocycles. The molecule has 4 rings (SSSR count). The summed E-state index contributed by atoms with van der Waals surface area (Å²) in [4.78, 5) is 22.0. The summed E-state index contributed by atoms with van der Waals surface area (Å²) in [6.07, 6.45) is 1.68. The predicted molar refractivity (Wildman–Crippen MR) is 103 cm³/mol. The average molecular weight is 362 g/mol. The first-order valence-corrected chi connectivity index (χ1v) is 9.41. The number of hydrogen-bond donors (Lipinski definition) is 1. The first-order valence-electron chi connectivity index (χ1n) is 7.78. The molecule has 0 aliphatic rings. The van der Waals surface area contributed by atoms with Crippen LogP contribution in [0.1, 0.15) is 0 Å². The van der Waals surface area contributed by atoms with E-state index in [1.54, 1.807) is 18.0 Å². The van der Waals surface area contributed by atoms with Crippen molar-refractivity contribution in [3.63, 3.8) is 0 Å². The zero-order valence-corrected chi connectivity index (χ0v) is 14.8. The summed E-state index contributed by atoms with van der Waals surface area (Å²) in [5, 5.41) is 3.14. The zero-order chi connectivity index (χ0) is 17.1. The molecule has 0 fully saturated rings. The molecule has 0 aliphatic heterocycles. The van der Waals surface area contributed by atoms with E-state index < -0.39 is 0 Å². The van der Waals surface area contributed by atoms with Gasteiger partial charge in [-0.1, -0.05) is 59.9 Å². The van der Waals surface area contributed by atoms with Crippen molar-refractivity contribution in [3.05, 3.63) is 89.3 Å². The average Bonchev–Trinajstić information content (AvgIpc) is 2.63. The van der Waals surface area contributed by atoms with Crippen molar-refractivity contribution in [1.82, 2.24) is 9.97 Å². The summed E-state index contributed by atoms with van der Waals surface area (Å²) in [5.41, 5.74) is -0.111. The first kappa shape index (κ1) is 16.0. The van der Waals surface area contributed by atoms with Crippen molar-refractivity contribution in [2.45, 2.75) is 19.8 Å². The Morgan fingerprint density at radius 3 is 2.12 bits per heavy atom. The molecular weight excluding hydrogens is 348 g/mol. The Morgan fingerprint density at radius 2 is 1.44 bits per heavy atom. The van der Waals surface area contributed by atoms with Gasteiger partial charge in [-0.3, -0.25) is 4.79 Å². The highest BCUT2D eigenvalue weighted by Gasteiger charge is 2.12. The number of H-pyrrole nitrogens is 1. The second kappa shape index (κ2) is 7.17. The smallest absolute Gasteiger partial charge is 0.258 e. The molecule has 2 aromatic heterocycles. The van der Waals surface area contributed by atoms with Crippen molar-refractivity contribution in [2.24, 2.45) is 0 Å². The molecule has 2 heterocycles. The van der Waals surface area contributed by atoms with Crippen LogP contribution in [-0.2, 0) is 0 Å². The highest BCUT2D eigenvalue weighted by Crippen LogP contribution is 2.34. The van der Waals surface area contributed by atoms with Crippen molar-refractivity contribution < 1.29 is 0 Å². The van der Waals surface area contributed by atoms with Gasteiger partial charge < -0.3 is 4.98 Å². The minimum atomic E-state index is -0.111. The third-order valence-corrected chi connectivity index (χ3v) is 5.54. The molecule has 0 amide bonds. The van der Waals surface area contributed by atoms with Gasteiger partial charge in [-0.15, -0.1) is 0 Å². The Kier molecular flexibility index (Phi) is 4.59. The third kappa shape index (κ3) is 3.62. The Bertz CT molecular complexity index is 1060. The second-order valence-corrected chi connectivity index (χ2v) is 7.52. The maximum atomic E-state index is 12.3. The molecule has 0 spiro atoms. The summed E-state index contributed by atoms with van der Waals surface area (Å²) >= 11 is 3.11. The number of pyridine rings is 2. The Balaban J connectivity index is 1.82. The summed E-state index contributed by atoms with van der Waals surface area (Å²) < 4.78 is 0. The minimum absolute atomic E-state index is 0.111. The van der Waals surface area contributed by atoms with E-state index in [1.165, 1.54) is 11.8 Å². The fraction of sp³-hybridized carbons (Fsp3) is 0. The molecule has 3 nitrogen and oxygen atoms in total. The lowest BCUT2D eigenvalue weighted by Gasteiger charge is -2.08. The molecule has 0 unspecified atom stereocenters. The maximum Gasteiger partial charge on any atom is 0.258 e. The molecule has 0 saturated carbocycles. The highest BCUT2D eigenvalue weighted by atomic mass is 32.2. The van der Waals surface area contributed by atoms with Crippen molar-refractivity contribution in [1.29, 1.82) is 0 Å². The van der Waals surface area contributed by atoms with Crippen LogP contribution in [0.2, 0.25) is 0 Å². The van der Waals surface area contributed by atoms with E-state index in [1.807, 2.05) is 60.7 Å². The summed E-state index contributed by atoms with van der Waals surface area (Å²) in [7, 11) is 0. The molecule has 1 N–H and O–H groups in total. The SMILES string of the molecule is O=c1[nH]ccc2cc(Sc3ccccc3)nc(Sc3ccccc3)c12. The van der Waals surface area contributed by atoms with Crippen LogP contribution in [0.5, 0.6) is 0 Å². The van der Waals surface area contributed by atoms with Crippen LogP contribution < -0.4 is 5.56 Å². The number of hydrogen-bond acceptors (Lipinski definition) is 4. The molecule has 5 heteroatoms. The predicted octanol–water partition coefficient (Wildman–Crippen LogP) is 5.23. The third-order valence-electron chi connectivity index (χ3n) is 3.62. The number of benzene rings is 2. The van der Waals surface area contributed by atoms with E-state index >= 15 is 0 Å². The molecule has 25 heavy (non-hydrogen) atoms. The van der Waals surface area contributed by atoms with Gasteiger partial charge in [0.25, 0.3) is 5.56 Å². The molecule has 4 aromatic rings. The van der Waals surface area contributed by atoms with Gasteiger partial charge in [-0.05, 0) is 41.8 Å². The van der Waals surface area contributed by atoms with Crippen LogP contribution in [-0.4, -0.2) is 9.97 Å². The van der Waals surface area contributed by atoms with Crippen molar-refractivity contribution in [2.75, 3.05) is 0 Å². The number of nitrogens with zero attached hydrogens (tertiary/aromatic N) is 1. The van der Waals surface area contributed by atoms with Crippen LogP contribution in [0.3, 0.4) is 0 Å². The number of aromatic nitrogens is 2.